The van der Waals surface area contributed by atoms with E-state index in [1.807, 2.05) is 0 Å². The minimum absolute atomic E-state index is 0.0127. The number of amides is 1. The summed E-state index contributed by atoms with van der Waals surface area (Å²) in [5.74, 6) is 1.04. The Labute approximate surface area is 111 Å². The molecule has 0 aromatic carbocycles. The first-order chi connectivity index (χ1) is 8.59. The predicted octanol–water partition coefficient (Wildman–Crippen LogP) is 2.54. The van der Waals surface area contributed by atoms with Gasteiger partial charge in [0.2, 0.25) is 5.91 Å². The van der Waals surface area contributed by atoms with Crippen LogP contribution >= 0.6 is 0 Å². The molecule has 0 radical (unpaired) electrons. The van der Waals surface area contributed by atoms with Gasteiger partial charge in [-0.3, -0.25) is 4.79 Å². The first-order valence-electron chi connectivity index (χ1n) is 7.64. The van der Waals surface area contributed by atoms with Gasteiger partial charge in [-0.2, -0.15) is 0 Å². The highest BCUT2D eigenvalue weighted by Gasteiger charge is 2.42. The molecular weight excluding hydrogens is 224 g/mol. The maximum Gasteiger partial charge on any atom is 0.228 e. The van der Waals surface area contributed by atoms with Gasteiger partial charge in [0.1, 0.15) is 0 Å². The van der Waals surface area contributed by atoms with Gasteiger partial charge in [-0.25, -0.2) is 0 Å². The summed E-state index contributed by atoms with van der Waals surface area (Å²) in [7, 11) is 0. The van der Waals surface area contributed by atoms with Crippen LogP contribution in [-0.4, -0.2) is 29.9 Å². The zero-order chi connectivity index (χ0) is 13.2. The Hall–Kier alpha value is -0.570. The van der Waals surface area contributed by atoms with E-state index < -0.39 is 0 Å². The minimum atomic E-state index is -0.0127. The number of hydrogen-bond donors (Lipinski definition) is 1. The summed E-state index contributed by atoms with van der Waals surface area (Å²) < 4.78 is 0. The van der Waals surface area contributed by atoms with Gasteiger partial charge in [-0.15, -0.1) is 0 Å². The second-order valence-corrected chi connectivity index (χ2v) is 6.33. The molecule has 2 aliphatic rings. The lowest BCUT2D eigenvalue weighted by atomic mass is 9.80. The summed E-state index contributed by atoms with van der Waals surface area (Å²) in [4.78, 5) is 14.8. The van der Waals surface area contributed by atoms with Crippen molar-refractivity contribution in [1.82, 2.24) is 4.90 Å². The zero-order valence-corrected chi connectivity index (χ0v) is 12.0. The lowest BCUT2D eigenvalue weighted by Crippen LogP contribution is -2.48. The molecule has 104 valence electrons. The van der Waals surface area contributed by atoms with Crippen molar-refractivity contribution in [2.24, 2.45) is 17.1 Å². The molecule has 1 heterocycles. The normalized spacial score (nSPS) is 26.3. The van der Waals surface area contributed by atoms with E-state index in [2.05, 4.69) is 18.7 Å². The van der Waals surface area contributed by atoms with E-state index in [4.69, 9.17) is 5.73 Å². The molecule has 1 atom stereocenters. The Morgan fingerprint density at radius 1 is 1.33 bits per heavy atom. The molecule has 3 nitrogen and oxygen atoms in total. The second-order valence-electron chi connectivity index (χ2n) is 6.33. The Bertz CT molecular complexity index is 287. The first kappa shape index (κ1) is 13.9. The highest BCUT2D eigenvalue weighted by molar-refractivity contribution is 5.83. The monoisotopic (exact) mass is 252 g/mol. The summed E-state index contributed by atoms with van der Waals surface area (Å²) in [6.07, 6.45) is 7.86. The van der Waals surface area contributed by atoms with Crippen molar-refractivity contribution >= 4 is 5.91 Å². The summed E-state index contributed by atoms with van der Waals surface area (Å²) in [6, 6.07) is 0.272. The highest BCUT2D eigenvalue weighted by Crippen LogP contribution is 2.43. The van der Waals surface area contributed by atoms with Crippen molar-refractivity contribution in [3.05, 3.63) is 0 Å². The van der Waals surface area contributed by atoms with Gasteiger partial charge < -0.3 is 10.6 Å². The fourth-order valence-corrected chi connectivity index (χ4v) is 3.73. The van der Waals surface area contributed by atoms with Gasteiger partial charge >= 0.3 is 0 Å². The summed E-state index contributed by atoms with van der Waals surface area (Å²) in [6.45, 7) is 6.12. The molecule has 1 saturated heterocycles. The van der Waals surface area contributed by atoms with Gasteiger partial charge in [0.05, 0.1) is 0 Å². The van der Waals surface area contributed by atoms with Gasteiger partial charge in [-0.1, -0.05) is 19.8 Å². The molecule has 2 rings (SSSR count). The van der Waals surface area contributed by atoms with Crippen molar-refractivity contribution in [1.29, 1.82) is 0 Å². The van der Waals surface area contributed by atoms with Crippen LogP contribution in [0.4, 0.5) is 0 Å². The lowest BCUT2D eigenvalue weighted by Gasteiger charge is -2.39. The van der Waals surface area contributed by atoms with Crippen molar-refractivity contribution in [2.45, 2.75) is 64.8 Å². The number of carbonyl (C=O) groups excluding carboxylic acids is 1. The molecule has 1 amide bonds. The van der Waals surface area contributed by atoms with E-state index in [1.165, 1.54) is 12.8 Å². The molecule has 0 aromatic rings. The second kappa shape index (κ2) is 5.60. The number of likely N-dealkylation sites (tertiary alicyclic amines) is 1. The van der Waals surface area contributed by atoms with Gasteiger partial charge in [0, 0.05) is 24.5 Å². The minimum Gasteiger partial charge on any atom is -0.342 e. The quantitative estimate of drug-likeness (QED) is 0.839. The van der Waals surface area contributed by atoms with Crippen LogP contribution in [0.1, 0.15) is 58.8 Å². The molecule has 2 N–H and O–H groups in total. The Kier molecular flexibility index (Phi) is 4.31. The summed E-state index contributed by atoms with van der Waals surface area (Å²) in [5.41, 5.74) is 5.95. The van der Waals surface area contributed by atoms with E-state index >= 15 is 0 Å². The maximum atomic E-state index is 12.7. The third-order valence-electron chi connectivity index (χ3n) is 5.26. The third-order valence-corrected chi connectivity index (χ3v) is 5.26. The highest BCUT2D eigenvalue weighted by atomic mass is 16.2. The molecule has 2 fully saturated rings. The van der Waals surface area contributed by atoms with Crippen molar-refractivity contribution < 1.29 is 4.79 Å². The molecule has 0 bridgehead atoms. The maximum absolute atomic E-state index is 12.7. The van der Waals surface area contributed by atoms with E-state index in [9.17, 15) is 4.79 Å². The largest absolute Gasteiger partial charge is 0.342 e. The van der Waals surface area contributed by atoms with Crippen molar-refractivity contribution in [3.8, 4) is 0 Å². The molecular formula is C15H28N2O. The SMILES string of the molecule is CCC1(C(=O)N2CCC(C(C)N)CC2)CCCC1. The topological polar surface area (TPSA) is 46.3 Å². The first-order valence-corrected chi connectivity index (χ1v) is 7.64. The number of piperidine rings is 1. The standard InChI is InChI=1S/C15H28N2O/c1-3-15(8-4-5-9-15)14(18)17-10-6-13(7-11-17)12(2)16/h12-13H,3-11,16H2,1-2H3. The van der Waals surface area contributed by atoms with Crippen LogP contribution in [0.3, 0.4) is 0 Å². The fourth-order valence-electron chi connectivity index (χ4n) is 3.73. The molecule has 1 saturated carbocycles. The molecule has 1 aliphatic heterocycles. The third kappa shape index (κ3) is 2.56. The van der Waals surface area contributed by atoms with Gasteiger partial charge in [0.15, 0.2) is 0 Å². The number of carbonyl (C=O) groups is 1. The molecule has 0 spiro atoms. The lowest BCUT2D eigenvalue weighted by molar-refractivity contribution is -0.143. The van der Waals surface area contributed by atoms with Crippen LogP contribution < -0.4 is 5.73 Å². The fraction of sp³-hybridized carbons (Fsp3) is 0.933. The zero-order valence-electron chi connectivity index (χ0n) is 12.0. The van der Waals surface area contributed by atoms with Gasteiger partial charge in [0.25, 0.3) is 0 Å². The molecule has 3 heteroatoms. The smallest absolute Gasteiger partial charge is 0.228 e. The molecule has 1 unspecified atom stereocenters. The Morgan fingerprint density at radius 2 is 1.89 bits per heavy atom. The van der Waals surface area contributed by atoms with E-state index in [0.717, 1.165) is 45.2 Å². The van der Waals surface area contributed by atoms with Crippen LogP contribution in [0, 0.1) is 11.3 Å². The average molecular weight is 252 g/mol. The summed E-state index contributed by atoms with van der Waals surface area (Å²) >= 11 is 0. The Balaban J connectivity index is 1.94. The van der Waals surface area contributed by atoms with E-state index in [0.29, 0.717) is 11.8 Å². The van der Waals surface area contributed by atoms with Crippen molar-refractivity contribution in [3.63, 3.8) is 0 Å². The van der Waals surface area contributed by atoms with Crippen LogP contribution in [0.2, 0.25) is 0 Å². The van der Waals surface area contributed by atoms with Crippen LogP contribution in [0.25, 0.3) is 0 Å². The van der Waals surface area contributed by atoms with Crippen LogP contribution in [-0.2, 0) is 4.79 Å². The number of hydrogen-bond acceptors (Lipinski definition) is 2. The summed E-state index contributed by atoms with van der Waals surface area (Å²) in [5, 5.41) is 0. The molecule has 18 heavy (non-hydrogen) atoms. The number of rotatable bonds is 3. The average Bonchev–Trinajstić information content (AvgIpc) is 2.88. The van der Waals surface area contributed by atoms with Crippen LogP contribution in [0.15, 0.2) is 0 Å². The molecule has 1 aliphatic carbocycles. The van der Waals surface area contributed by atoms with Gasteiger partial charge in [-0.05, 0) is 44.9 Å². The van der Waals surface area contributed by atoms with E-state index in [1.54, 1.807) is 0 Å². The molecule has 0 aromatic heterocycles. The Morgan fingerprint density at radius 3 is 2.33 bits per heavy atom. The number of nitrogens with two attached hydrogens (primary N) is 1. The van der Waals surface area contributed by atoms with Crippen molar-refractivity contribution in [2.75, 3.05) is 13.1 Å². The van der Waals surface area contributed by atoms with E-state index in [-0.39, 0.29) is 11.5 Å². The van der Waals surface area contributed by atoms with Crippen LogP contribution in [0.5, 0.6) is 0 Å². The predicted molar refractivity (Wildman–Crippen MR) is 74.1 cm³/mol. The number of nitrogens with zero attached hydrogens (tertiary/aromatic N) is 1.